The van der Waals surface area contributed by atoms with Gasteiger partial charge >= 0.3 is 5.97 Å². The molecule has 51 heavy (non-hydrogen) atoms. The molecule has 0 bridgehead atoms. The standard InChI is InChI=1S/C36H66N2O9.C4H6/c1-12-27-36(9,42)31(39)23(4)29(38-20-26-14-13-15-37-19-26)21(2)16-34(7,43-10)17-22(3)30(24(5)33(41)46-27)47-28-18-35(8,44-11)32(40)25(6)45-28;1-3-4-2/h21-28,30-32,37,39-40,42H,12-20H2,1-11H3;1-2H3/t21-,22-,23?,24?,25?,26?,27-,28+,30+,31?,32+,34-,35-,36-;/m1./s1. The zero-order valence-corrected chi connectivity index (χ0v) is 34.0. The fourth-order valence-corrected chi connectivity index (χ4v) is 8.23. The number of hydrogen-bond donors (Lipinski definition) is 4. The van der Waals surface area contributed by atoms with Crippen LogP contribution in [0.2, 0.25) is 0 Å². The zero-order valence-electron chi connectivity index (χ0n) is 34.0. The van der Waals surface area contributed by atoms with Gasteiger partial charge in [-0.1, -0.05) is 27.7 Å². The first-order valence-electron chi connectivity index (χ1n) is 19.1. The van der Waals surface area contributed by atoms with Gasteiger partial charge in [0.05, 0.1) is 35.4 Å². The Morgan fingerprint density at radius 2 is 1.61 bits per heavy atom. The summed E-state index contributed by atoms with van der Waals surface area (Å²) in [5.41, 5.74) is -2.43. The highest BCUT2D eigenvalue weighted by atomic mass is 16.7. The number of carbonyl (C=O) groups excluding carboxylic acids is 1. The fourth-order valence-electron chi connectivity index (χ4n) is 8.23. The number of cyclic esters (lactones) is 1. The summed E-state index contributed by atoms with van der Waals surface area (Å²) in [7, 11) is 3.26. The highest BCUT2D eigenvalue weighted by molar-refractivity contribution is 5.89. The Labute approximate surface area is 309 Å². The molecular formula is C40H72N2O9. The number of nitrogens with zero attached hydrogens (tertiary/aromatic N) is 1. The third-order valence-corrected chi connectivity index (χ3v) is 11.7. The Kier molecular flexibility index (Phi) is 18.0. The normalized spacial score (nSPS) is 43.9. The third-order valence-electron chi connectivity index (χ3n) is 11.7. The van der Waals surface area contributed by atoms with E-state index in [2.05, 4.69) is 31.0 Å². The zero-order chi connectivity index (χ0) is 38.7. The summed E-state index contributed by atoms with van der Waals surface area (Å²) in [6.45, 7) is 23.1. The van der Waals surface area contributed by atoms with Gasteiger partial charge in [0.25, 0.3) is 0 Å². The minimum Gasteiger partial charge on any atom is -0.459 e. The first kappa shape index (κ1) is 45.5. The van der Waals surface area contributed by atoms with Gasteiger partial charge in [0.15, 0.2) is 6.29 Å². The van der Waals surface area contributed by atoms with E-state index in [0.29, 0.717) is 31.7 Å². The SMILES string of the molecule is CC#CC.CC[C@H]1OC(=O)C(C)[C@@H](O[C@H]2C[C@@](C)(OC)[C@@H](O)C(C)O2)[C@H](C)C[C@](C)(OC)C[C@@H](C)C(=NCC2CCCNC2)C(C)C(O)[C@]1(C)O. The summed E-state index contributed by atoms with van der Waals surface area (Å²) in [4.78, 5) is 19.0. The number of nitrogens with one attached hydrogen (secondary N) is 1. The lowest BCUT2D eigenvalue weighted by molar-refractivity contribution is -0.296. The van der Waals surface area contributed by atoms with Crippen LogP contribution in [0.4, 0.5) is 0 Å². The van der Waals surface area contributed by atoms with Gasteiger partial charge in [0, 0.05) is 38.8 Å². The third kappa shape index (κ3) is 11.9. The van der Waals surface area contributed by atoms with Crippen LogP contribution in [0.5, 0.6) is 0 Å². The minimum absolute atomic E-state index is 0.0714. The van der Waals surface area contributed by atoms with Crippen molar-refractivity contribution in [2.45, 2.75) is 168 Å². The maximum Gasteiger partial charge on any atom is 0.311 e. The molecule has 3 fully saturated rings. The van der Waals surface area contributed by atoms with Gasteiger partial charge in [-0.2, -0.15) is 0 Å². The van der Waals surface area contributed by atoms with Crippen molar-refractivity contribution in [2.75, 3.05) is 33.9 Å². The molecule has 4 N–H and O–H groups in total. The molecule has 14 atom stereocenters. The van der Waals surface area contributed by atoms with Crippen molar-refractivity contribution in [1.82, 2.24) is 5.32 Å². The highest BCUT2D eigenvalue weighted by Gasteiger charge is 2.50. The second kappa shape index (κ2) is 20.2. The number of esters is 1. The molecule has 0 saturated carbocycles. The molecule has 3 heterocycles. The molecule has 3 rings (SSSR count). The molecule has 0 amide bonds. The van der Waals surface area contributed by atoms with Gasteiger partial charge in [-0.3, -0.25) is 9.79 Å². The number of aliphatic hydroxyl groups is 3. The van der Waals surface area contributed by atoms with E-state index in [0.717, 1.165) is 31.6 Å². The van der Waals surface area contributed by atoms with Gasteiger partial charge < -0.3 is 44.3 Å². The lowest BCUT2D eigenvalue weighted by atomic mass is 9.74. The van der Waals surface area contributed by atoms with E-state index in [1.165, 1.54) is 0 Å². The molecular weight excluding hydrogens is 652 g/mol. The number of aliphatic imine (C=N–C) groups is 1. The number of piperidine rings is 1. The molecule has 3 aliphatic rings. The van der Waals surface area contributed by atoms with Crippen LogP contribution in [0.3, 0.4) is 0 Å². The molecule has 0 aromatic heterocycles. The number of rotatable bonds is 7. The Balaban J connectivity index is 0.00000213. The Hall–Kier alpha value is -1.62. The Morgan fingerprint density at radius 3 is 2.14 bits per heavy atom. The van der Waals surface area contributed by atoms with Crippen LogP contribution < -0.4 is 5.32 Å². The number of hydrogen-bond acceptors (Lipinski definition) is 11. The van der Waals surface area contributed by atoms with Gasteiger partial charge in [0.2, 0.25) is 0 Å². The Bertz CT molecular complexity index is 1160. The molecule has 3 aliphatic heterocycles. The van der Waals surface area contributed by atoms with E-state index in [9.17, 15) is 20.1 Å². The molecule has 3 saturated heterocycles. The van der Waals surface area contributed by atoms with Crippen molar-refractivity contribution >= 4 is 11.7 Å². The largest absolute Gasteiger partial charge is 0.459 e. The molecule has 0 radical (unpaired) electrons. The van der Waals surface area contributed by atoms with Crippen molar-refractivity contribution in [1.29, 1.82) is 0 Å². The first-order valence-corrected chi connectivity index (χ1v) is 19.1. The number of aliphatic hydroxyl groups excluding tert-OH is 2. The van der Waals surface area contributed by atoms with E-state index < -0.39 is 71.4 Å². The Morgan fingerprint density at radius 1 is 0.961 bits per heavy atom. The maximum absolute atomic E-state index is 13.9. The second-order valence-electron chi connectivity index (χ2n) is 16.0. The number of ether oxygens (including phenoxy) is 5. The topological polar surface area (TPSA) is 148 Å². The van der Waals surface area contributed by atoms with Crippen LogP contribution in [-0.2, 0) is 28.5 Å². The first-order chi connectivity index (χ1) is 23.8. The van der Waals surface area contributed by atoms with Crippen LogP contribution in [-0.4, -0.2) is 114 Å². The lowest BCUT2D eigenvalue weighted by Gasteiger charge is -2.46. The molecule has 0 aromatic rings. The summed E-state index contributed by atoms with van der Waals surface area (Å²) in [5, 5.41) is 37.9. The molecule has 0 aromatic carbocycles. The average molecular weight is 725 g/mol. The van der Waals surface area contributed by atoms with E-state index in [1.54, 1.807) is 35.0 Å². The molecule has 11 nitrogen and oxygen atoms in total. The van der Waals surface area contributed by atoms with Crippen LogP contribution in [0, 0.1) is 41.4 Å². The minimum atomic E-state index is -1.74. The van der Waals surface area contributed by atoms with Crippen molar-refractivity contribution < 1.29 is 43.8 Å². The number of methoxy groups -OCH3 is 2. The van der Waals surface area contributed by atoms with Crippen molar-refractivity contribution in [2.24, 2.45) is 34.6 Å². The lowest BCUT2D eigenvalue weighted by Crippen LogP contribution is -2.58. The fraction of sp³-hybridized carbons (Fsp3) is 0.900. The predicted octanol–water partition coefficient (Wildman–Crippen LogP) is 4.92. The quantitative estimate of drug-likeness (QED) is 0.211. The van der Waals surface area contributed by atoms with E-state index in [1.807, 2.05) is 41.5 Å². The van der Waals surface area contributed by atoms with E-state index in [-0.39, 0.29) is 18.3 Å². The van der Waals surface area contributed by atoms with Gasteiger partial charge in [0.1, 0.15) is 17.8 Å². The molecule has 11 heteroatoms. The van der Waals surface area contributed by atoms with Crippen LogP contribution in [0.15, 0.2) is 4.99 Å². The average Bonchev–Trinajstić information content (AvgIpc) is 3.10. The van der Waals surface area contributed by atoms with Crippen LogP contribution in [0.25, 0.3) is 0 Å². The highest BCUT2D eigenvalue weighted by Crippen LogP contribution is 2.39. The van der Waals surface area contributed by atoms with E-state index in [4.69, 9.17) is 28.7 Å². The molecule has 0 aliphatic carbocycles. The van der Waals surface area contributed by atoms with Gasteiger partial charge in [-0.25, -0.2) is 0 Å². The van der Waals surface area contributed by atoms with Crippen molar-refractivity contribution in [3.8, 4) is 11.8 Å². The molecule has 296 valence electrons. The summed E-state index contributed by atoms with van der Waals surface area (Å²) in [5.74, 6) is 3.74. The smallest absolute Gasteiger partial charge is 0.311 e. The van der Waals surface area contributed by atoms with E-state index >= 15 is 0 Å². The van der Waals surface area contributed by atoms with Crippen molar-refractivity contribution in [3.05, 3.63) is 0 Å². The van der Waals surface area contributed by atoms with Crippen molar-refractivity contribution in [3.63, 3.8) is 0 Å². The van der Waals surface area contributed by atoms with Gasteiger partial charge in [-0.05, 0) is 111 Å². The van der Waals surface area contributed by atoms with Gasteiger partial charge in [-0.15, -0.1) is 11.8 Å². The number of carbonyl (C=O) groups is 1. The summed E-state index contributed by atoms with van der Waals surface area (Å²) in [6.07, 6.45) is -1.03. The van der Waals surface area contributed by atoms with Crippen LogP contribution >= 0.6 is 0 Å². The maximum atomic E-state index is 13.9. The molecule has 5 unspecified atom stereocenters. The predicted molar refractivity (Wildman–Crippen MR) is 200 cm³/mol. The summed E-state index contributed by atoms with van der Waals surface area (Å²) in [6, 6.07) is 0. The monoisotopic (exact) mass is 725 g/mol. The summed E-state index contributed by atoms with van der Waals surface area (Å²) < 4.78 is 30.7. The second-order valence-corrected chi connectivity index (χ2v) is 16.0. The summed E-state index contributed by atoms with van der Waals surface area (Å²) >= 11 is 0. The molecule has 0 spiro atoms. The van der Waals surface area contributed by atoms with Crippen LogP contribution in [0.1, 0.15) is 115 Å².